The zero-order chi connectivity index (χ0) is 13.8. The van der Waals surface area contributed by atoms with Crippen LogP contribution in [0.15, 0.2) is 41.0 Å². The number of benzene rings is 1. The molecule has 1 aromatic carbocycles. The molecule has 0 aliphatic heterocycles. The number of carbonyl (C=O) groups excluding carboxylic acids is 1. The standard InChI is InChI=1S/C15H18N2O2/c1-10(16-3)12-5-4-6-13(9-12)17-15(18)14-7-8-19-11(14)2/h4-10,16H,1-3H3,(H,17,18). The number of carbonyl (C=O) groups is 1. The largest absolute Gasteiger partial charge is 0.469 e. The summed E-state index contributed by atoms with van der Waals surface area (Å²) >= 11 is 0. The Labute approximate surface area is 112 Å². The molecule has 0 fully saturated rings. The van der Waals surface area contributed by atoms with Crippen LogP contribution in [0.5, 0.6) is 0 Å². The molecule has 0 bridgehead atoms. The van der Waals surface area contributed by atoms with Crippen LogP contribution >= 0.6 is 0 Å². The molecule has 2 rings (SSSR count). The normalized spacial score (nSPS) is 12.2. The van der Waals surface area contributed by atoms with E-state index in [2.05, 4.69) is 17.6 Å². The number of anilines is 1. The van der Waals surface area contributed by atoms with Crippen molar-refractivity contribution in [3.05, 3.63) is 53.5 Å². The summed E-state index contributed by atoms with van der Waals surface area (Å²) in [6.45, 7) is 3.84. The smallest absolute Gasteiger partial charge is 0.259 e. The summed E-state index contributed by atoms with van der Waals surface area (Å²) in [7, 11) is 1.91. The number of nitrogens with one attached hydrogen (secondary N) is 2. The molecule has 1 heterocycles. The predicted octanol–water partition coefficient (Wildman–Crippen LogP) is 3.12. The SMILES string of the molecule is CNC(C)c1cccc(NC(=O)c2ccoc2C)c1. The fourth-order valence-corrected chi connectivity index (χ4v) is 1.87. The second-order valence-electron chi connectivity index (χ2n) is 4.48. The highest BCUT2D eigenvalue weighted by Gasteiger charge is 2.12. The van der Waals surface area contributed by atoms with Crippen molar-refractivity contribution in [1.29, 1.82) is 0 Å². The molecule has 1 unspecified atom stereocenters. The summed E-state index contributed by atoms with van der Waals surface area (Å²) in [6.07, 6.45) is 1.52. The van der Waals surface area contributed by atoms with Gasteiger partial charge < -0.3 is 15.1 Å². The Hall–Kier alpha value is -2.07. The van der Waals surface area contributed by atoms with Gasteiger partial charge in [0.05, 0.1) is 11.8 Å². The van der Waals surface area contributed by atoms with Gasteiger partial charge in [-0.05, 0) is 44.7 Å². The lowest BCUT2D eigenvalue weighted by Crippen LogP contribution is -2.14. The van der Waals surface area contributed by atoms with Gasteiger partial charge in [0.15, 0.2) is 0 Å². The van der Waals surface area contributed by atoms with Crippen LogP contribution in [-0.4, -0.2) is 13.0 Å². The molecule has 0 radical (unpaired) electrons. The van der Waals surface area contributed by atoms with Crippen LogP contribution in [0, 0.1) is 6.92 Å². The lowest BCUT2D eigenvalue weighted by Gasteiger charge is -2.12. The lowest BCUT2D eigenvalue weighted by atomic mass is 10.1. The molecule has 0 spiro atoms. The van der Waals surface area contributed by atoms with E-state index in [4.69, 9.17) is 4.42 Å². The van der Waals surface area contributed by atoms with Gasteiger partial charge in [0.1, 0.15) is 5.76 Å². The zero-order valence-electron chi connectivity index (χ0n) is 11.4. The highest BCUT2D eigenvalue weighted by Crippen LogP contribution is 2.18. The Balaban J connectivity index is 2.15. The fourth-order valence-electron chi connectivity index (χ4n) is 1.87. The number of rotatable bonds is 4. The molecule has 2 aromatic rings. The van der Waals surface area contributed by atoms with Gasteiger partial charge in [-0.1, -0.05) is 12.1 Å². The van der Waals surface area contributed by atoms with E-state index in [-0.39, 0.29) is 11.9 Å². The molecular formula is C15H18N2O2. The van der Waals surface area contributed by atoms with Crippen LogP contribution < -0.4 is 10.6 Å². The van der Waals surface area contributed by atoms with Crippen molar-refractivity contribution in [2.24, 2.45) is 0 Å². The van der Waals surface area contributed by atoms with E-state index in [1.54, 1.807) is 13.0 Å². The van der Waals surface area contributed by atoms with Crippen molar-refractivity contribution in [2.75, 3.05) is 12.4 Å². The average molecular weight is 258 g/mol. The quantitative estimate of drug-likeness (QED) is 0.886. The van der Waals surface area contributed by atoms with Gasteiger partial charge in [-0.3, -0.25) is 4.79 Å². The summed E-state index contributed by atoms with van der Waals surface area (Å²) in [5, 5.41) is 6.05. The molecule has 100 valence electrons. The summed E-state index contributed by atoms with van der Waals surface area (Å²) in [6, 6.07) is 9.71. The highest BCUT2D eigenvalue weighted by molar-refractivity contribution is 6.04. The topological polar surface area (TPSA) is 54.3 Å². The molecular weight excluding hydrogens is 240 g/mol. The summed E-state index contributed by atoms with van der Waals surface area (Å²) in [5.74, 6) is 0.470. The molecule has 1 amide bonds. The van der Waals surface area contributed by atoms with Crippen LogP contribution in [-0.2, 0) is 0 Å². The minimum atomic E-state index is -0.152. The summed E-state index contributed by atoms with van der Waals surface area (Å²) in [4.78, 5) is 12.1. The van der Waals surface area contributed by atoms with Crippen molar-refractivity contribution in [2.45, 2.75) is 19.9 Å². The van der Waals surface area contributed by atoms with Gasteiger partial charge in [0.25, 0.3) is 5.91 Å². The molecule has 0 aliphatic rings. The van der Waals surface area contributed by atoms with Crippen LogP contribution in [0.3, 0.4) is 0 Å². The maximum absolute atomic E-state index is 12.1. The number of aryl methyl sites for hydroxylation is 1. The van der Waals surface area contributed by atoms with Crippen molar-refractivity contribution in [3.8, 4) is 0 Å². The van der Waals surface area contributed by atoms with Crippen LogP contribution in [0.2, 0.25) is 0 Å². The van der Waals surface area contributed by atoms with Gasteiger partial charge >= 0.3 is 0 Å². The number of furan rings is 1. The average Bonchev–Trinajstić information content (AvgIpc) is 2.84. The lowest BCUT2D eigenvalue weighted by molar-refractivity contribution is 0.102. The Kier molecular flexibility index (Phi) is 4.02. The second-order valence-corrected chi connectivity index (χ2v) is 4.48. The van der Waals surface area contributed by atoms with Crippen LogP contribution in [0.1, 0.15) is 34.6 Å². The van der Waals surface area contributed by atoms with Crippen molar-refractivity contribution in [3.63, 3.8) is 0 Å². The molecule has 1 aromatic heterocycles. The van der Waals surface area contributed by atoms with E-state index in [0.717, 1.165) is 11.3 Å². The van der Waals surface area contributed by atoms with E-state index in [1.807, 2.05) is 31.3 Å². The molecule has 2 N–H and O–H groups in total. The molecule has 0 saturated heterocycles. The third-order valence-electron chi connectivity index (χ3n) is 3.18. The van der Waals surface area contributed by atoms with Gasteiger partial charge in [0.2, 0.25) is 0 Å². The number of hydrogen-bond acceptors (Lipinski definition) is 3. The van der Waals surface area contributed by atoms with E-state index >= 15 is 0 Å². The number of hydrogen-bond donors (Lipinski definition) is 2. The Morgan fingerprint density at radius 3 is 2.74 bits per heavy atom. The van der Waals surface area contributed by atoms with Crippen molar-refractivity contribution in [1.82, 2.24) is 5.32 Å². The zero-order valence-corrected chi connectivity index (χ0v) is 11.4. The van der Waals surface area contributed by atoms with Crippen molar-refractivity contribution < 1.29 is 9.21 Å². The first-order chi connectivity index (χ1) is 9.11. The summed E-state index contributed by atoms with van der Waals surface area (Å²) in [5.41, 5.74) is 2.47. The minimum Gasteiger partial charge on any atom is -0.469 e. The minimum absolute atomic E-state index is 0.152. The van der Waals surface area contributed by atoms with Gasteiger partial charge in [-0.15, -0.1) is 0 Å². The Bertz CT molecular complexity index is 575. The van der Waals surface area contributed by atoms with E-state index in [1.165, 1.54) is 6.26 Å². The van der Waals surface area contributed by atoms with E-state index < -0.39 is 0 Å². The maximum Gasteiger partial charge on any atom is 0.259 e. The van der Waals surface area contributed by atoms with E-state index in [0.29, 0.717) is 11.3 Å². The molecule has 19 heavy (non-hydrogen) atoms. The first kappa shape index (κ1) is 13.4. The molecule has 4 nitrogen and oxygen atoms in total. The van der Waals surface area contributed by atoms with Gasteiger partial charge in [-0.2, -0.15) is 0 Å². The van der Waals surface area contributed by atoms with Crippen LogP contribution in [0.4, 0.5) is 5.69 Å². The fraction of sp³-hybridized carbons (Fsp3) is 0.267. The van der Waals surface area contributed by atoms with Crippen molar-refractivity contribution >= 4 is 11.6 Å². The predicted molar refractivity (Wildman–Crippen MR) is 75.3 cm³/mol. The monoisotopic (exact) mass is 258 g/mol. The third kappa shape index (κ3) is 3.03. The third-order valence-corrected chi connectivity index (χ3v) is 3.18. The molecule has 1 atom stereocenters. The molecule has 0 saturated carbocycles. The van der Waals surface area contributed by atoms with Gasteiger partial charge in [0, 0.05) is 11.7 Å². The summed E-state index contributed by atoms with van der Waals surface area (Å²) < 4.78 is 5.13. The maximum atomic E-state index is 12.1. The Morgan fingerprint density at radius 1 is 1.32 bits per heavy atom. The number of amides is 1. The van der Waals surface area contributed by atoms with Crippen LogP contribution in [0.25, 0.3) is 0 Å². The van der Waals surface area contributed by atoms with Gasteiger partial charge in [-0.25, -0.2) is 0 Å². The van der Waals surface area contributed by atoms with E-state index in [9.17, 15) is 4.79 Å². The Morgan fingerprint density at radius 2 is 2.11 bits per heavy atom. The first-order valence-corrected chi connectivity index (χ1v) is 6.24. The highest BCUT2D eigenvalue weighted by atomic mass is 16.3. The first-order valence-electron chi connectivity index (χ1n) is 6.24. The molecule has 0 aliphatic carbocycles. The second kappa shape index (κ2) is 5.71. The molecule has 4 heteroatoms.